The van der Waals surface area contributed by atoms with E-state index in [-0.39, 0.29) is 6.10 Å². The van der Waals surface area contributed by atoms with E-state index < -0.39 is 6.10 Å². The molecule has 1 N–H and O–H groups in total. The van der Waals surface area contributed by atoms with Crippen LogP contribution >= 0.6 is 15.9 Å². The lowest BCUT2D eigenvalue weighted by Crippen LogP contribution is -2.25. The molecule has 0 saturated heterocycles. The molecule has 3 heteroatoms. The molecule has 0 bridgehead atoms. The van der Waals surface area contributed by atoms with Gasteiger partial charge in [-0.15, -0.1) is 0 Å². The van der Waals surface area contributed by atoms with E-state index in [0.29, 0.717) is 0 Å². The Labute approximate surface area is 120 Å². The van der Waals surface area contributed by atoms with E-state index in [0.717, 1.165) is 21.3 Å². The van der Waals surface area contributed by atoms with Crippen LogP contribution in [0, 0.1) is 0 Å². The van der Waals surface area contributed by atoms with Gasteiger partial charge in [-0.25, -0.2) is 0 Å². The van der Waals surface area contributed by atoms with E-state index in [1.54, 1.807) is 0 Å². The minimum absolute atomic E-state index is 0.351. The van der Waals surface area contributed by atoms with Gasteiger partial charge in [0, 0.05) is 4.47 Å². The third kappa shape index (κ3) is 2.57. The lowest BCUT2D eigenvalue weighted by Gasteiger charge is -2.26. The van der Waals surface area contributed by atoms with Gasteiger partial charge in [0.1, 0.15) is 18.0 Å². The largest absolute Gasteiger partial charge is 0.483 e. The van der Waals surface area contributed by atoms with Crippen LogP contribution in [0.2, 0.25) is 0 Å². The highest BCUT2D eigenvalue weighted by molar-refractivity contribution is 9.10. The molecule has 0 aromatic heterocycles. The van der Waals surface area contributed by atoms with Crippen LogP contribution in [0.5, 0.6) is 5.75 Å². The smallest absolute Gasteiger partial charge is 0.147 e. The molecule has 96 valence electrons. The number of hydrogen-bond donors (Lipinski definition) is 1. The minimum Gasteiger partial charge on any atom is -0.483 e. The first-order valence-electron chi connectivity index (χ1n) is 6.11. The van der Waals surface area contributed by atoms with Gasteiger partial charge in [0.25, 0.3) is 0 Å². The van der Waals surface area contributed by atoms with Crippen LogP contribution in [-0.2, 0) is 0 Å². The summed E-state index contributed by atoms with van der Waals surface area (Å²) in [6, 6.07) is 15.4. The van der Waals surface area contributed by atoms with Crippen molar-refractivity contribution in [1.82, 2.24) is 0 Å². The van der Waals surface area contributed by atoms with Gasteiger partial charge in [0.05, 0.1) is 0 Å². The van der Waals surface area contributed by atoms with Crippen LogP contribution in [0.3, 0.4) is 0 Å². The Morgan fingerprint density at radius 3 is 2.53 bits per heavy atom. The molecule has 0 fully saturated rings. The van der Waals surface area contributed by atoms with Crippen LogP contribution in [-0.4, -0.2) is 11.2 Å². The molecule has 0 heterocycles. The summed E-state index contributed by atoms with van der Waals surface area (Å²) in [5, 5.41) is 10.4. The second-order valence-electron chi connectivity index (χ2n) is 4.47. The van der Waals surface area contributed by atoms with Gasteiger partial charge in [0.15, 0.2) is 0 Å². The first kappa shape index (κ1) is 12.5. The van der Waals surface area contributed by atoms with Crippen molar-refractivity contribution in [1.29, 1.82) is 0 Å². The van der Waals surface area contributed by atoms with Crippen LogP contribution in [0.25, 0.3) is 6.08 Å². The zero-order chi connectivity index (χ0) is 13.2. The van der Waals surface area contributed by atoms with E-state index in [9.17, 15) is 5.11 Å². The summed E-state index contributed by atoms with van der Waals surface area (Å²) >= 11 is 3.38. The highest BCUT2D eigenvalue weighted by Crippen LogP contribution is 2.30. The summed E-state index contributed by atoms with van der Waals surface area (Å²) in [7, 11) is 0. The second-order valence-corrected chi connectivity index (χ2v) is 5.38. The molecule has 19 heavy (non-hydrogen) atoms. The fraction of sp³-hybridized carbons (Fsp3) is 0.125. The minimum atomic E-state index is -0.634. The average molecular weight is 317 g/mol. The molecular formula is C16H13BrO2. The third-order valence-corrected chi connectivity index (χ3v) is 3.71. The van der Waals surface area contributed by atoms with Crippen molar-refractivity contribution in [2.75, 3.05) is 0 Å². The lowest BCUT2D eigenvalue weighted by molar-refractivity contribution is 0.0623. The van der Waals surface area contributed by atoms with E-state index in [1.165, 1.54) is 0 Å². The molecule has 2 aromatic rings. The zero-order valence-corrected chi connectivity index (χ0v) is 11.7. The van der Waals surface area contributed by atoms with Crippen LogP contribution in [0.15, 0.2) is 59.1 Å². The van der Waals surface area contributed by atoms with Gasteiger partial charge >= 0.3 is 0 Å². The molecule has 0 spiro atoms. The fourth-order valence-corrected chi connectivity index (χ4v) is 2.45. The lowest BCUT2D eigenvalue weighted by atomic mass is 9.93. The maximum atomic E-state index is 10.4. The summed E-state index contributed by atoms with van der Waals surface area (Å²) < 4.78 is 6.83. The molecule has 1 aliphatic rings. The molecule has 0 saturated carbocycles. The number of fused-ring (bicyclic) bond motifs is 1. The standard InChI is InChI=1S/C16H13BrO2/c17-12-6-8-13(9-7-12)19-15-10-5-11-3-1-2-4-14(11)16(15)18/h1-10,15-16,18H/t15-,16-/m0/s1. The Hall–Kier alpha value is -1.58. The quantitative estimate of drug-likeness (QED) is 0.908. The molecular weight excluding hydrogens is 304 g/mol. The maximum Gasteiger partial charge on any atom is 0.147 e. The van der Waals surface area contributed by atoms with Crippen molar-refractivity contribution >= 4 is 22.0 Å². The van der Waals surface area contributed by atoms with Gasteiger partial charge < -0.3 is 9.84 Å². The average Bonchev–Trinajstić information content (AvgIpc) is 2.45. The summed E-state index contributed by atoms with van der Waals surface area (Å²) in [4.78, 5) is 0. The molecule has 2 nitrogen and oxygen atoms in total. The highest BCUT2D eigenvalue weighted by Gasteiger charge is 2.25. The van der Waals surface area contributed by atoms with Crippen molar-refractivity contribution < 1.29 is 9.84 Å². The molecule has 0 unspecified atom stereocenters. The first-order chi connectivity index (χ1) is 9.24. The van der Waals surface area contributed by atoms with Crippen molar-refractivity contribution in [3.63, 3.8) is 0 Å². The van der Waals surface area contributed by atoms with Crippen molar-refractivity contribution in [2.45, 2.75) is 12.2 Å². The van der Waals surface area contributed by atoms with Gasteiger partial charge in [0.2, 0.25) is 0 Å². The summed E-state index contributed by atoms with van der Waals surface area (Å²) in [6.07, 6.45) is 2.90. The molecule has 0 amide bonds. The van der Waals surface area contributed by atoms with E-state index in [1.807, 2.05) is 60.7 Å². The maximum absolute atomic E-state index is 10.4. The third-order valence-electron chi connectivity index (χ3n) is 3.18. The van der Waals surface area contributed by atoms with Crippen molar-refractivity contribution in [3.8, 4) is 5.75 Å². The number of hydrogen-bond acceptors (Lipinski definition) is 2. The summed E-state index contributed by atoms with van der Waals surface area (Å²) in [6.45, 7) is 0. The zero-order valence-electron chi connectivity index (χ0n) is 10.2. The summed E-state index contributed by atoms with van der Waals surface area (Å²) in [5.74, 6) is 0.747. The van der Waals surface area contributed by atoms with Gasteiger partial charge in [-0.05, 0) is 41.5 Å². The highest BCUT2D eigenvalue weighted by atomic mass is 79.9. The number of ether oxygens (including phenoxy) is 1. The Balaban J connectivity index is 1.83. The normalized spacial score (nSPS) is 20.9. The van der Waals surface area contributed by atoms with Crippen LogP contribution in [0.1, 0.15) is 17.2 Å². The monoisotopic (exact) mass is 316 g/mol. The Kier molecular flexibility index (Phi) is 3.40. The number of benzene rings is 2. The SMILES string of the molecule is O[C@H]1c2ccccc2C=C[C@@H]1Oc1ccc(Br)cc1. The number of halogens is 1. The molecule has 0 radical (unpaired) electrons. The van der Waals surface area contributed by atoms with Crippen molar-refractivity contribution in [2.24, 2.45) is 0 Å². The Morgan fingerprint density at radius 1 is 1.00 bits per heavy atom. The van der Waals surface area contributed by atoms with Gasteiger partial charge in [-0.2, -0.15) is 0 Å². The first-order valence-corrected chi connectivity index (χ1v) is 6.91. The molecule has 2 aromatic carbocycles. The Morgan fingerprint density at radius 2 is 1.74 bits per heavy atom. The molecule has 1 aliphatic carbocycles. The van der Waals surface area contributed by atoms with E-state index in [4.69, 9.17) is 4.74 Å². The van der Waals surface area contributed by atoms with Crippen LogP contribution in [0.4, 0.5) is 0 Å². The number of aliphatic hydroxyl groups is 1. The molecule has 2 atom stereocenters. The van der Waals surface area contributed by atoms with Gasteiger partial charge in [-0.3, -0.25) is 0 Å². The topological polar surface area (TPSA) is 29.5 Å². The predicted molar refractivity (Wildman–Crippen MR) is 79.0 cm³/mol. The number of aliphatic hydroxyl groups excluding tert-OH is 1. The molecule has 3 rings (SSSR count). The van der Waals surface area contributed by atoms with Gasteiger partial charge in [-0.1, -0.05) is 46.3 Å². The molecule has 0 aliphatic heterocycles. The van der Waals surface area contributed by atoms with E-state index >= 15 is 0 Å². The number of rotatable bonds is 2. The van der Waals surface area contributed by atoms with E-state index in [2.05, 4.69) is 15.9 Å². The second kappa shape index (κ2) is 5.19. The summed E-state index contributed by atoms with van der Waals surface area (Å²) in [5.41, 5.74) is 1.96. The van der Waals surface area contributed by atoms with Crippen molar-refractivity contribution in [3.05, 3.63) is 70.2 Å². The Bertz CT molecular complexity index is 604. The fourth-order valence-electron chi connectivity index (χ4n) is 2.19. The van der Waals surface area contributed by atoms with Crippen LogP contribution < -0.4 is 4.74 Å². The predicted octanol–water partition coefficient (Wildman–Crippen LogP) is 3.96.